The van der Waals surface area contributed by atoms with E-state index in [0.717, 1.165) is 22.3 Å². The van der Waals surface area contributed by atoms with Crippen LogP contribution in [-0.4, -0.2) is 16.9 Å². The zero-order valence-electron chi connectivity index (χ0n) is 18.9. The van der Waals surface area contributed by atoms with E-state index in [4.69, 9.17) is 12.2 Å². The first-order valence-electron chi connectivity index (χ1n) is 11.2. The van der Waals surface area contributed by atoms with Crippen LogP contribution in [0.3, 0.4) is 0 Å². The minimum Gasteiger partial charge on any atom is -0.301 e. The van der Waals surface area contributed by atoms with E-state index in [9.17, 15) is 9.59 Å². The summed E-state index contributed by atoms with van der Waals surface area (Å²) in [6, 6.07) is 38.0. The van der Waals surface area contributed by atoms with Gasteiger partial charge in [0, 0.05) is 0 Å². The maximum Gasteiger partial charge on any atom is 0.250 e. The van der Waals surface area contributed by atoms with Gasteiger partial charge in [0.25, 0.3) is 0 Å². The number of hydrogen-bond donors (Lipinski definition) is 3. The quantitative estimate of drug-likeness (QED) is 0.278. The van der Waals surface area contributed by atoms with Crippen molar-refractivity contribution in [3.05, 3.63) is 144 Å². The highest BCUT2D eigenvalue weighted by atomic mass is 32.1. The molecule has 4 aromatic rings. The van der Waals surface area contributed by atoms with E-state index in [-0.39, 0.29) is 16.9 Å². The highest BCUT2D eigenvalue weighted by Crippen LogP contribution is 2.25. The monoisotopic (exact) mass is 479 g/mol. The molecular weight excluding hydrogens is 454 g/mol. The van der Waals surface area contributed by atoms with E-state index >= 15 is 0 Å². The summed E-state index contributed by atoms with van der Waals surface area (Å²) in [4.78, 5) is 26.4. The SMILES string of the molecule is O=C(NNC(=S)NC(=O)C(c1ccccc1)c1ccccc1)C(c1ccccc1)c1ccccc1. The van der Waals surface area contributed by atoms with Crippen molar-refractivity contribution in [2.24, 2.45) is 0 Å². The van der Waals surface area contributed by atoms with Gasteiger partial charge in [0.15, 0.2) is 5.11 Å². The zero-order valence-corrected chi connectivity index (χ0v) is 19.7. The van der Waals surface area contributed by atoms with Crippen LogP contribution in [0.2, 0.25) is 0 Å². The van der Waals surface area contributed by atoms with Crippen LogP contribution in [0, 0.1) is 0 Å². The summed E-state index contributed by atoms with van der Waals surface area (Å²) in [6.07, 6.45) is 0. The fourth-order valence-electron chi connectivity index (χ4n) is 3.98. The molecule has 0 aliphatic heterocycles. The van der Waals surface area contributed by atoms with E-state index in [0.29, 0.717) is 0 Å². The van der Waals surface area contributed by atoms with Crippen LogP contribution >= 0.6 is 12.2 Å². The lowest BCUT2D eigenvalue weighted by molar-refractivity contribution is -0.123. The molecule has 3 N–H and O–H groups in total. The Labute approximate surface area is 210 Å². The normalized spacial score (nSPS) is 10.6. The average molecular weight is 480 g/mol. The van der Waals surface area contributed by atoms with Gasteiger partial charge in [-0.2, -0.15) is 0 Å². The predicted molar refractivity (Wildman–Crippen MR) is 141 cm³/mol. The Kier molecular flexibility index (Phi) is 7.99. The Morgan fingerprint density at radius 2 is 0.800 bits per heavy atom. The van der Waals surface area contributed by atoms with Crippen molar-refractivity contribution in [2.45, 2.75) is 11.8 Å². The van der Waals surface area contributed by atoms with Crippen molar-refractivity contribution < 1.29 is 9.59 Å². The molecule has 0 unspecified atom stereocenters. The van der Waals surface area contributed by atoms with Gasteiger partial charge in [-0.3, -0.25) is 20.4 Å². The van der Waals surface area contributed by atoms with Gasteiger partial charge in [0.1, 0.15) is 0 Å². The molecule has 4 rings (SSSR count). The second-order valence-electron chi connectivity index (χ2n) is 7.94. The third-order valence-corrected chi connectivity index (χ3v) is 5.80. The van der Waals surface area contributed by atoms with Crippen molar-refractivity contribution >= 4 is 29.1 Å². The lowest BCUT2D eigenvalue weighted by atomic mass is 9.90. The molecule has 0 spiro atoms. The number of amides is 2. The molecule has 0 aliphatic carbocycles. The van der Waals surface area contributed by atoms with Crippen LogP contribution < -0.4 is 16.2 Å². The molecule has 0 radical (unpaired) electrons. The van der Waals surface area contributed by atoms with Gasteiger partial charge >= 0.3 is 0 Å². The van der Waals surface area contributed by atoms with Crippen LogP contribution in [0.5, 0.6) is 0 Å². The predicted octanol–water partition coefficient (Wildman–Crippen LogP) is 4.67. The Morgan fingerprint density at radius 3 is 1.14 bits per heavy atom. The van der Waals surface area contributed by atoms with Crippen LogP contribution in [0.25, 0.3) is 0 Å². The molecule has 0 atom stereocenters. The van der Waals surface area contributed by atoms with Gasteiger partial charge in [-0.15, -0.1) is 0 Å². The number of benzene rings is 4. The topological polar surface area (TPSA) is 70.2 Å². The first-order valence-corrected chi connectivity index (χ1v) is 11.6. The summed E-state index contributed by atoms with van der Waals surface area (Å²) in [5.41, 5.74) is 8.73. The minimum atomic E-state index is -0.547. The van der Waals surface area contributed by atoms with Gasteiger partial charge in [-0.25, -0.2) is 0 Å². The number of nitrogens with one attached hydrogen (secondary N) is 3. The molecule has 5 nitrogen and oxygen atoms in total. The lowest BCUT2D eigenvalue weighted by Gasteiger charge is -2.21. The molecule has 2 amide bonds. The highest BCUT2D eigenvalue weighted by Gasteiger charge is 2.25. The minimum absolute atomic E-state index is 0.0140. The Bertz CT molecular complexity index is 1190. The molecule has 0 aliphatic rings. The summed E-state index contributed by atoms with van der Waals surface area (Å²) in [7, 11) is 0. The maximum absolute atomic E-state index is 13.2. The summed E-state index contributed by atoms with van der Waals surface area (Å²) < 4.78 is 0. The summed E-state index contributed by atoms with van der Waals surface area (Å²) in [5.74, 6) is -1.67. The van der Waals surface area contributed by atoms with E-state index in [2.05, 4.69) is 16.2 Å². The third kappa shape index (κ3) is 6.19. The first kappa shape index (κ1) is 23.9. The van der Waals surface area contributed by atoms with Crippen LogP contribution in [0.15, 0.2) is 121 Å². The number of carbonyl (C=O) groups is 2. The Morgan fingerprint density at radius 1 is 0.486 bits per heavy atom. The molecule has 0 heterocycles. The first-order chi connectivity index (χ1) is 17.1. The number of thiocarbonyl (C=S) groups is 1. The molecule has 0 saturated carbocycles. The summed E-state index contributed by atoms with van der Waals surface area (Å²) in [5, 5.41) is 2.73. The van der Waals surface area contributed by atoms with Crippen molar-refractivity contribution in [3.8, 4) is 0 Å². The fourth-order valence-corrected chi connectivity index (χ4v) is 4.13. The van der Waals surface area contributed by atoms with Gasteiger partial charge in [0.2, 0.25) is 11.8 Å². The van der Waals surface area contributed by atoms with Gasteiger partial charge in [-0.1, -0.05) is 121 Å². The van der Waals surface area contributed by atoms with Crippen molar-refractivity contribution in [2.75, 3.05) is 0 Å². The highest BCUT2D eigenvalue weighted by molar-refractivity contribution is 7.80. The molecule has 35 heavy (non-hydrogen) atoms. The van der Waals surface area contributed by atoms with Gasteiger partial charge in [-0.05, 0) is 34.5 Å². The number of hydrazine groups is 1. The maximum atomic E-state index is 13.2. The molecule has 0 fully saturated rings. The summed E-state index contributed by atoms with van der Waals surface area (Å²) in [6.45, 7) is 0. The van der Waals surface area contributed by atoms with E-state index < -0.39 is 11.8 Å². The number of carbonyl (C=O) groups excluding carboxylic acids is 2. The van der Waals surface area contributed by atoms with Gasteiger partial charge < -0.3 is 5.32 Å². The molecule has 174 valence electrons. The lowest BCUT2D eigenvalue weighted by Crippen LogP contribution is -2.50. The fraction of sp³-hybridized carbons (Fsp3) is 0.0690. The van der Waals surface area contributed by atoms with Crippen LogP contribution in [-0.2, 0) is 9.59 Å². The van der Waals surface area contributed by atoms with E-state index in [1.54, 1.807) is 0 Å². The Hall–Kier alpha value is -4.29. The number of hydrogen-bond acceptors (Lipinski definition) is 3. The van der Waals surface area contributed by atoms with Gasteiger partial charge in [0.05, 0.1) is 11.8 Å². The third-order valence-electron chi connectivity index (χ3n) is 5.59. The van der Waals surface area contributed by atoms with Crippen molar-refractivity contribution in [1.29, 1.82) is 0 Å². The molecule has 0 bridgehead atoms. The number of rotatable bonds is 6. The molecule has 6 heteroatoms. The Balaban J connectivity index is 1.45. The van der Waals surface area contributed by atoms with Crippen molar-refractivity contribution in [1.82, 2.24) is 16.2 Å². The zero-order chi connectivity index (χ0) is 24.5. The molecule has 0 aromatic heterocycles. The molecule has 0 saturated heterocycles. The van der Waals surface area contributed by atoms with Crippen LogP contribution in [0.1, 0.15) is 34.1 Å². The molecule has 4 aromatic carbocycles. The van der Waals surface area contributed by atoms with E-state index in [1.807, 2.05) is 121 Å². The second kappa shape index (κ2) is 11.7. The van der Waals surface area contributed by atoms with E-state index in [1.165, 1.54) is 0 Å². The van der Waals surface area contributed by atoms with Crippen LogP contribution in [0.4, 0.5) is 0 Å². The molecular formula is C29H25N3O2S. The second-order valence-corrected chi connectivity index (χ2v) is 8.35. The smallest absolute Gasteiger partial charge is 0.250 e. The standard InChI is InChI=1S/C29H25N3O2S/c33-27(25(21-13-5-1-6-14-21)22-15-7-2-8-16-22)30-29(35)32-31-28(34)26(23-17-9-3-10-18-23)24-19-11-4-12-20-24/h1-20,25-26H,(H,31,34)(H2,30,32,33,35). The average Bonchev–Trinajstić information content (AvgIpc) is 2.90. The summed E-state index contributed by atoms with van der Waals surface area (Å²) >= 11 is 5.33. The largest absolute Gasteiger partial charge is 0.301 e. The van der Waals surface area contributed by atoms with Crippen molar-refractivity contribution in [3.63, 3.8) is 0 Å².